The van der Waals surface area contributed by atoms with Crippen molar-refractivity contribution >= 4 is 0 Å². The Labute approximate surface area is 66.2 Å². The summed E-state index contributed by atoms with van der Waals surface area (Å²) in [5.41, 5.74) is 1.78. The predicted molar refractivity (Wildman–Crippen MR) is 43.1 cm³/mol. The van der Waals surface area contributed by atoms with E-state index in [4.69, 9.17) is 4.42 Å². The Morgan fingerprint density at radius 3 is 3.00 bits per heavy atom. The number of hydrogen-bond donors (Lipinski definition) is 1. The van der Waals surface area contributed by atoms with Crippen molar-refractivity contribution < 1.29 is 9.52 Å². The number of aliphatic hydroxyl groups excluding tert-OH is 1. The molecule has 0 aromatic carbocycles. The first-order valence-electron chi connectivity index (χ1n) is 3.54. The van der Waals surface area contributed by atoms with Gasteiger partial charge >= 0.3 is 0 Å². The average Bonchev–Trinajstić information content (AvgIpc) is 2.35. The Bertz CT molecular complexity index is 224. The number of rotatable bonds is 3. The highest BCUT2D eigenvalue weighted by atomic mass is 16.3. The van der Waals surface area contributed by atoms with Gasteiger partial charge in [-0.1, -0.05) is 5.57 Å². The molecule has 11 heavy (non-hydrogen) atoms. The Morgan fingerprint density at radius 2 is 2.55 bits per heavy atom. The molecule has 0 radical (unpaired) electrons. The summed E-state index contributed by atoms with van der Waals surface area (Å²) in [4.78, 5) is 0. The van der Waals surface area contributed by atoms with E-state index in [0.717, 1.165) is 11.1 Å². The zero-order valence-corrected chi connectivity index (χ0v) is 6.58. The van der Waals surface area contributed by atoms with Crippen molar-refractivity contribution in [3.05, 3.63) is 36.3 Å². The van der Waals surface area contributed by atoms with Crippen molar-refractivity contribution in [1.29, 1.82) is 0 Å². The smallest absolute Gasteiger partial charge is 0.0960 e. The molecule has 0 fully saturated rings. The van der Waals surface area contributed by atoms with Gasteiger partial charge in [-0.15, -0.1) is 6.58 Å². The van der Waals surface area contributed by atoms with E-state index in [9.17, 15) is 5.11 Å². The summed E-state index contributed by atoms with van der Waals surface area (Å²) in [6.07, 6.45) is 3.23. The molecule has 2 nitrogen and oxygen atoms in total. The average molecular weight is 152 g/mol. The van der Waals surface area contributed by atoms with Crippen LogP contribution in [0.3, 0.4) is 0 Å². The molecule has 1 rings (SSSR count). The minimum absolute atomic E-state index is 0.466. The van der Waals surface area contributed by atoms with Gasteiger partial charge in [0.2, 0.25) is 0 Å². The number of aliphatic hydroxyl groups is 1. The molecule has 0 spiro atoms. The highest BCUT2D eigenvalue weighted by Crippen LogP contribution is 2.19. The van der Waals surface area contributed by atoms with Crippen LogP contribution in [0.4, 0.5) is 0 Å². The van der Waals surface area contributed by atoms with Gasteiger partial charge in [-0.3, -0.25) is 0 Å². The third kappa shape index (κ3) is 2.24. The minimum Gasteiger partial charge on any atom is -0.472 e. The van der Waals surface area contributed by atoms with Gasteiger partial charge in [0.25, 0.3) is 0 Å². The molecule has 1 unspecified atom stereocenters. The Morgan fingerprint density at radius 1 is 1.82 bits per heavy atom. The van der Waals surface area contributed by atoms with E-state index in [1.807, 2.05) is 6.92 Å². The van der Waals surface area contributed by atoms with Gasteiger partial charge in [0.1, 0.15) is 0 Å². The predicted octanol–water partition coefficient (Wildman–Crippen LogP) is 2.28. The zero-order valence-electron chi connectivity index (χ0n) is 6.58. The summed E-state index contributed by atoms with van der Waals surface area (Å²) in [5.74, 6) is 0. The maximum atomic E-state index is 9.46. The molecule has 0 aliphatic rings. The topological polar surface area (TPSA) is 33.4 Å². The molecule has 1 N–H and O–H groups in total. The lowest BCUT2D eigenvalue weighted by atomic mass is 10.1. The molecule has 0 aliphatic heterocycles. The third-order valence-electron chi connectivity index (χ3n) is 1.47. The Kier molecular flexibility index (Phi) is 2.49. The van der Waals surface area contributed by atoms with Gasteiger partial charge in [0.05, 0.1) is 18.6 Å². The summed E-state index contributed by atoms with van der Waals surface area (Å²) in [5, 5.41) is 9.46. The van der Waals surface area contributed by atoms with Crippen LogP contribution < -0.4 is 0 Å². The van der Waals surface area contributed by atoms with Crippen molar-refractivity contribution in [2.75, 3.05) is 0 Å². The maximum Gasteiger partial charge on any atom is 0.0960 e. The monoisotopic (exact) mass is 152 g/mol. The second kappa shape index (κ2) is 3.39. The van der Waals surface area contributed by atoms with Crippen LogP contribution in [0.15, 0.2) is 35.2 Å². The van der Waals surface area contributed by atoms with Crippen molar-refractivity contribution in [2.45, 2.75) is 19.4 Å². The summed E-state index contributed by atoms with van der Waals surface area (Å²) in [6, 6.07) is 1.76. The molecule has 60 valence electrons. The van der Waals surface area contributed by atoms with Gasteiger partial charge in [-0.2, -0.15) is 0 Å². The highest BCUT2D eigenvalue weighted by molar-refractivity contribution is 5.11. The summed E-state index contributed by atoms with van der Waals surface area (Å²) < 4.78 is 4.83. The highest BCUT2D eigenvalue weighted by Gasteiger charge is 2.07. The van der Waals surface area contributed by atoms with E-state index in [0.29, 0.717) is 6.42 Å². The number of furan rings is 1. The van der Waals surface area contributed by atoms with Crippen LogP contribution >= 0.6 is 0 Å². The van der Waals surface area contributed by atoms with E-state index in [-0.39, 0.29) is 0 Å². The SMILES string of the molecule is C=C(C)CC(O)c1ccoc1. The molecule has 2 heteroatoms. The van der Waals surface area contributed by atoms with Crippen LogP contribution in [-0.2, 0) is 0 Å². The van der Waals surface area contributed by atoms with Crippen molar-refractivity contribution in [2.24, 2.45) is 0 Å². The molecule has 0 aliphatic carbocycles. The first kappa shape index (κ1) is 8.08. The van der Waals surface area contributed by atoms with Crippen molar-refractivity contribution in [3.8, 4) is 0 Å². The summed E-state index contributed by atoms with van der Waals surface area (Å²) >= 11 is 0. The van der Waals surface area contributed by atoms with Crippen LogP contribution in [0.25, 0.3) is 0 Å². The van der Waals surface area contributed by atoms with Crippen molar-refractivity contribution in [3.63, 3.8) is 0 Å². The molecule has 1 heterocycles. The fourth-order valence-electron chi connectivity index (χ4n) is 0.913. The molecule has 0 saturated carbocycles. The van der Waals surface area contributed by atoms with Crippen LogP contribution in [0, 0.1) is 0 Å². The van der Waals surface area contributed by atoms with Gasteiger partial charge in [0, 0.05) is 5.56 Å². The van der Waals surface area contributed by atoms with Gasteiger partial charge in [0.15, 0.2) is 0 Å². The maximum absolute atomic E-state index is 9.46. The second-order valence-electron chi connectivity index (χ2n) is 2.73. The van der Waals surface area contributed by atoms with Crippen LogP contribution in [-0.4, -0.2) is 5.11 Å². The largest absolute Gasteiger partial charge is 0.472 e. The quantitative estimate of drug-likeness (QED) is 0.674. The van der Waals surface area contributed by atoms with Gasteiger partial charge < -0.3 is 9.52 Å². The first-order chi connectivity index (χ1) is 5.20. The second-order valence-corrected chi connectivity index (χ2v) is 2.73. The zero-order chi connectivity index (χ0) is 8.27. The fourth-order valence-corrected chi connectivity index (χ4v) is 0.913. The van der Waals surface area contributed by atoms with Crippen molar-refractivity contribution in [1.82, 2.24) is 0 Å². The molecule has 1 atom stereocenters. The van der Waals surface area contributed by atoms with E-state index < -0.39 is 6.10 Å². The molecular formula is C9H12O2. The summed E-state index contributed by atoms with van der Waals surface area (Å²) in [6.45, 7) is 5.61. The van der Waals surface area contributed by atoms with Crippen LogP contribution in [0.1, 0.15) is 25.0 Å². The van der Waals surface area contributed by atoms with E-state index in [1.54, 1.807) is 18.6 Å². The van der Waals surface area contributed by atoms with Gasteiger partial charge in [-0.25, -0.2) is 0 Å². The standard InChI is InChI=1S/C9H12O2/c1-7(2)5-9(10)8-3-4-11-6-8/h3-4,6,9-10H,1,5H2,2H3. The molecular weight excluding hydrogens is 140 g/mol. The summed E-state index contributed by atoms with van der Waals surface area (Å²) in [7, 11) is 0. The third-order valence-corrected chi connectivity index (χ3v) is 1.47. The lowest BCUT2D eigenvalue weighted by Crippen LogP contribution is -1.94. The lowest BCUT2D eigenvalue weighted by Gasteiger charge is -2.06. The van der Waals surface area contributed by atoms with E-state index in [1.165, 1.54) is 0 Å². The molecule has 0 bridgehead atoms. The van der Waals surface area contributed by atoms with Crippen LogP contribution in [0.5, 0.6) is 0 Å². The molecule has 0 saturated heterocycles. The van der Waals surface area contributed by atoms with Gasteiger partial charge in [-0.05, 0) is 19.4 Å². The van der Waals surface area contributed by atoms with E-state index in [2.05, 4.69) is 6.58 Å². The Hall–Kier alpha value is -1.02. The fraction of sp³-hybridized carbons (Fsp3) is 0.333. The minimum atomic E-state index is -0.466. The van der Waals surface area contributed by atoms with Crippen LogP contribution in [0.2, 0.25) is 0 Å². The molecule has 1 aromatic heterocycles. The normalized spacial score (nSPS) is 12.9. The Balaban J connectivity index is 2.56. The van der Waals surface area contributed by atoms with E-state index >= 15 is 0 Å². The molecule has 0 amide bonds. The number of hydrogen-bond acceptors (Lipinski definition) is 2. The molecule has 1 aromatic rings. The first-order valence-corrected chi connectivity index (χ1v) is 3.54. The lowest BCUT2D eigenvalue weighted by molar-refractivity contribution is 0.177.